The monoisotopic (exact) mass is 451 g/mol. The molecule has 11 nitrogen and oxygen atoms in total. The maximum absolute atomic E-state index is 11.8. The summed E-state index contributed by atoms with van der Waals surface area (Å²) in [5.41, 5.74) is 2.07. The molecule has 0 amide bonds. The van der Waals surface area contributed by atoms with Gasteiger partial charge in [0, 0.05) is 43.7 Å². The second-order valence-electron chi connectivity index (χ2n) is 8.04. The number of hydrogen-bond acceptors (Lipinski definition) is 9. The summed E-state index contributed by atoms with van der Waals surface area (Å²) < 4.78 is 7.02. The highest BCUT2D eigenvalue weighted by Crippen LogP contribution is 2.40. The molecule has 3 aromatic rings. The Hall–Kier alpha value is -4.02. The average molecular weight is 451 g/mol. The van der Waals surface area contributed by atoms with Crippen molar-refractivity contribution in [2.45, 2.75) is 32.6 Å². The van der Waals surface area contributed by atoms with Crippen LogP contribution in [0.15, 0.2) is 30.6 Å². The third kappa shape index (κ3) is 4.47. The topological polar surface area (TPSA) is 128 Å². The zero-order valence-corrected chi connectivity index (χ0v) is 18.7. The van der Waals surface area contributed by atoms with Crippen molar-refractivity contribution in [1.29, 1.82) is 0 Å². The van der Waals surface area contributed by atoms with E-state index in [-0.39, 0.29) is 17.6 Å². The van der Waals surface area contributed by atoms with E-state index in [1.807, 2.05) is 18.7 Å². The molecule has 172 valence electrons. The van der Waals surface area contributed by atoms with Crippen LogP contribution in [0.2, 0.25) is 0 Å². The van der Waals surface area contributed by atoms with Gasteiger partial charge in [0.05, 0.1) is 29.0 Å². The molecule has 33 heavy (non-hydrogen) atoms. The van der Waals surface area contributed by atoms with E-state index in [0.29, 0.717) is 34.2 Å². The highest BCUT2D eigenvalue weighted by molar-refractivity contribution is 5.77. The minimum atomic E-state index is -0.395. The largest absolute Gasteiger partial charge is 0.494 e. The molecular weight excluding hydrogens is 426 g/mol. The van der Waals surface area contributed by atoms with E-state index in [4.69, 9.17) is 4.74 Å². The van der Waals surface area contributed by atoms with Crippen molar-refractivity contribution in [3.63, 3.8) is 0 Å². The number of nitrogens with one attached hydrogen (secondary N) is 1. The molecule has 11 heteroatoms. The van der Waals surface area contributed by atoms with Crippen molar-refractivity contribution >= 4 is 29.3 Å². The van der Waals surface area contributed by atoms with E-state index in [9.17, 15) is 14.9 Å². The summed E-state index contributed by atoms with van der Waals surface area (Å²) >= 11 is 0. The SMILES string of the molecule is COc1cc(N2CCCC2)c([N+](=O)[O-])cc1Nc1nccc(-n2cc(C=O)c(C(C)C)n2)n1. The number of benzene rings is 1. The van der Waals surface area contributed by atoms with E-state index >= 15 is 0 Å². The minimum Gasteiger partial charge on any atom is -0.494 e. The van der Waals surface area contributed by atoms with E-state index < -0.39 is 4.92 Å². The maximum Gasteiger partial charge on any atom is 0.294 e. The van der Waals surface area contributed by atoms with Gasteiger partial charge in [-0.3, -0.25) is 14.9 Å². The highest BCUT2D eigenvalue weighted by atomic mass is 16.6. The lowest BCUT2D eigenvalue weighted by Gasteiger charge is -2.20. The van der Waals surface area contributed by atoms with E-state index in [0.717, 1.165) is 32.2 Å². The zero-order chi connectivity index (χ0) is 23.5. The van der Waals surface area contributed by atoms with Crippen molar-refractivity contribution in [1.82, 2.24) is 19.7 Å². The summed E-state index contributed by atoms with van der Waals surface area (Å²) in [5, 5.41) is 19.3. The van der Waals surface area contributed by atoms with Crippen LogP contribution < -0.4 is 15.0 Å². The summed E-state index contributed by atoms with van der Waals surface area (Å²) in [5.74, 6) is 1.18. The summed E-state index contributed by atoms with van der Waals surface area (Å²) in [6, 6.07) is 4.78. The smallest absolute Gasteiger partial charge is 0.294 e. The molecule has 1 saturated heterocycles. The first-order chi connectivity index (χ1) is 15.9. The van der Waals surface area contributed by atoms with Gasteiger partial charge in [-0.1, -0.05) is 13.8 Å². The number of methoxy groups -OCH3 is 1. The summed E-state index contributed by atoms with van der Waals surface area (Å²) in [6.45, 7) is 5.45. The number of nitro groups is 1. The van der Waals surface area contributed by atoms with Crippen LogP contribution in [0, 0.1) is 10.1 Å². The summed E-state index contributed by atoms with van der Waals surface area (Å²) in [4.78, 5) is 33.5. The van der Waals surface area contributed by atoms with Gasteiger partial charge in [0.15, 0.2) is 12.1 Å². The number of aldehydes is 1. The van der Waals surface area contributed by atoms with Gasteiger partial charge in [0.1, 0.15) is 11.4 Å². The van der Waals surface area contributed by atoms with Crippen LogP contribution in [0.4, 0.5) is 23.0 Å². The van der Waals surface area contributed by atoms with Crippen LogP contribution in [-0.4, -0.2) is 51.2 Å². The number of carbonyl (C=O) groups is 1. The van der Waals surface area contributed by atoms with Crippen molar-refractivity contribution in [2.75, 3.05) is 30.4 Å². The molecule has 0 atom stereocenters. The Morgan fingerprint density at radius 3 is 2.64 bits per heavy atom. The molecular formula is C22H25N7O4. The number of carbonyl (C=O) groups excluding carboxylic acids is 1. The minimum absolute atomic E-state index is 0.0133. The summed E-state index contributed by atoms with van der Waals surface area (Å²) in [7, 11) is 1.51. The molecule has 1 aliphatic heterocycles. The van der Waals surface area contributed by atoms with Gasteiger partial charge >= 0.3 is 0 Å². The Morgan fingerprint density at radius 2 is 2.03 bits per heavy atom. The zero-order valence-electron chi connectivity index (χ0n) is 18.7. The molecule has 1 N–H and O–H groups in total. The van der Waals surface area contributed by atoms with E-state index in [2.05, 4.69) is 20.4 Å². The lowest BCUT2D eigenvalue weighted by atomic mass is 10.1. The predicted molar refractivity (Wildman–Crippen MR) is 123 cm³/mol. The van der Waals surface area contributed by atoms with Crippen LogP contribution in [0.1, 0.15) is 48.7 Å². The van der Waals surface area contributed by atoms with E-state index in [1.54, 1.807) is 24.5 Å². The number of nitro benzene ring substituents is 1. The van der Waals surface area contributed by atoms with Crippen LogP contribution in [0.5, 0.6) is 5.75 Å². The Morgan fingerprint density at radius 1 is 1.27 bits per heavy atom. The molecule has 1 aromatic carbocycles. The predicted octanol–water partition coefficient (Wildman–Crippen LogP) is 3.86. The van der Waals surface area contributed by atoms with Crippen LogP contribution in [0.3, 0.4) is 0 Å². The van der Waals surface area contributed by atoms with Gasteiger partial charge in [-0.2, -0.15) is 10.1 Å². The quantitative estimate of drug-likeness (QED) is 0.308. The second-order valence-corrected chi connectivity index (χ2v) is 8.04. The lowest BCUT2D eigenvalue weighted by Crippen LogP contribution is -2.19. The van der Waals surface area contributed by atoms with Gasteiger partial charge in [-0.15, -0.1) is 0 Å². The van der Waals surface area contributed by atoms with Crippen LogP contribution in [0.25, 0.3) is 5.82 Å². The van der Waals surface area contributed by atoms with Gasteiger partial charge in [-0.25, -0.2) is 9.67 Å². The average Bonchev–Trinajstić information content (AvgIpc) is 3.49. The second kappa shape index (κ2) is 9.23. The first-order valence-electron chi connectivity index (χ1n) is 10.7. The molecule has 3 heterocycles. The molecule has 0 aliphatic carbocycles. The van der Waals surface area contributed by atoms with Crippen molar-refractivity contribution in [2.24, 2.45) is 0 Å². The summed E-state index contributed by atoms with van der Waals surface area (Å²) in [6.07, 6.45) is 5.92. The van der Waals surface area contributed by atoms with Crippen molar-refractivity contribution in [3.05, 3.63) is 52.0 Å². The third-order valence-corrected chi connectivity index (χ3v) is 5.51. The van der Waals surface area contributed by atoms with Crippen molar-refractivity contribution < 1.29 is 14.5 Å². The number of nitrogens with zero attached hydrogens (tertiary/aromatic N) is 6. The number of hydrogen-bond donors (Lipinski definition) is 1. The highest BCUT2D eigenvalue weighted by Gasteiger charge is 2.25. The molecule has 0 bridgehead atoms. The number of rotatable bonds is 8. The fraction of sp³-hybridized carbons (Fsp3) is 0.364. The molecule has 1 aliphatic rings. The first kappa shape index (κ1) is 22.2. The third-order valence-electron chi connectivity index (χ3n) is 5.51. The molecule has 4 rings (SSSR count). The Labute approximate surface area is 190 Å². The molecule has 0 spiro atoms. The molecule has 0 saturated carbocycles. The van der Waals surface area contributed by atoms with Gasteiger partial charge in [0.2, 0.25) is 5.95 Å². The van der Waals surface area contributed by atoms with Gasteiger partial charge in [0.25, 0.3) is 5.69 Å². The van der Waals surface area contributed by atoms with Crippen LogP contribution in [-0.2, 0) is 0 Å². The van der Waals surface area contributed by atoms with Gasteiger partial charge < -0.3 is 15.0 Å². The Balaban J connectivity index is 1.69. The van der Waals surface area contributed by atoms with Gasteiger partial charge in [-0.05, 0) is 18.8 Å². The van der Waals surface area contributed by atoms with Crippen molar-refractivity contribution in [3.8, 4) is 11.6 Å². The van der Waals surface area contributed by atoms with E-state index in [1.165, 1.54) is 17.9 Å². The number of aromatic nitrogens is 4. The number of anilines is 3. The molecule has 1 fully saturated rings. The fourth-order valence-electron chi connectivity index (χ4n) is 3.90. The maximum atomic E-state index is 11.8. The van der Waals surface area contributed by atoms with Crippen LogP contribution >= 0.6 is 0 Å². The Kier molecular flexibility index (Phi) is 6.20. The molecule has 2 aromatic heterocycles. The lowest BCUT2D eigenvalue weighted by molar-refractivity contribution is -0.384. The fourth-order valence-corrected chi connectivity index (χ4v) is 3.90. The normalized spacial score (nSPS) is 13.4. The first-order valence-corrected chi connectivity index (χ1v) is 10.7. The number of ether oxygens (including phenoxy) is 1. The molecule has 0 unspecified atom stereocenters. The standard InChI is InChI=1S/C22H25N7O4/c1-14(2)21-15(13-30)12-28(26-21)20-6-7-23-22(25-20)24-16-10-18(29(31)32)17(11-19(16)33-3)27-8-4-5-9-27/h6-7,10-14H,4-5,8-9H2,1-3H3,(H,23,24,25). The Bertz CT molecular complexity index is 1190. The molecule has 0 radical (unpaired) electrons.